The Hall–Kier alpha value is -1.66. The maximum Gasteiger partial charge on any atom is 0.227 e. The van der Waals surface area contributed by atoms with Crippen molar-refractivity contribution in [1.29, 1.82) is 0 Å². The Kier molecular flexibility index (Phi) is 8.15. The number of nitrogens with two attached hydrogens (primary N) is 1. The Morgan fingerprint density at radius 1 is 1.17 bits per heavy atom. The van der Waals surface area contributed by atoms with Gasteiger partial charge in [0, 0.05) is 38.6 Å². The van der Waals surface area contributed by atoms with Crippen LogP contribution in [0, 0.1) is 5.82 Å². The molecule has 0 bridgehead atoms. The van der Waals surface area contributed by atoms with Crippen LogP contribution >= 0.6 is 12.4 Å². The molecule has 7 heteroatoms. The van der Waals surface area contributed by atoms with Crippen LogP contribution in [-0.4, -0.2) is 53.8 Å². The second kappa shape index (κ2) is 9.59. The Labute approximate surface area is 148 Å². The van der Waals surface area contributed by atoms with E-state index in [1.54, 1.807) is 21.9 Å². The van der Waals surface area contributed by atoms with E-state index in [-0.39, 0.29) is 42.5 Å². The number of carbonyl (C=O) groups is 2. The number of benzene rings is 1. The number of carbonyl (C=O) groups excluding carboxylic acids is 2. The fourth-order valence-electron chi connectivity index (χ4n) is 2.75. The van der Waals surface area contributed by atoms with E-state index in [0.29, 0.717) is 38.2 Å². The third-order valence-corrected chi connectivity index (χ3v) is 3.94. The molecular formula is C17H25ClFN3O2. The Bertz CT molecular complexity index is 569. The molecule has 1 heterocycles. The summed E-state index contributed by atoms with van der Waals surface area (Å²) in [6, 6.07) is 5.94. The third-order valence-electron chi connectivity index (χ3n) is 3.94. The number of nitrogens with zero attached hydrogens (tertiary/aromatic N) is 2. The number of halogens is 2. The van der Waals surface area contributed by atoms with Crippen LogP contribution in [0.25, 0.3) is 0 Å². The van der Waals surface area contributed by atoms with Crippen molar-refractivity contribution in [2.45, 2.75) is 32.2 Å². The lowest BCUT2D eigenvalue weighted by Gasteiger charge is -2.23. The van der Waals surface area contributed by atoms with Crippen molar-refractivity contribution in [3.05, 3.63) is 35.6 Å². The molecule has 2 N–H and O–H groups in total. The second-order valence-electron chi connectivity index (χ2n) is 6.10. The monoisotopic (exact) mass is 357 g/mol. The minimum atomic E-state index is -0.334. The molecule has 0 saturated carbocycles. The molecule has 5 nitrogen and oxygen atoms in total. The van der Waals surface area contributed by atoms with E-state index in [9.17, 15) is 14.0 Å². The Morgan fingerprint density at radius 3 is 2.38 bits per heavy atom. The average molecular weight is 358 g/mol. The fraction of sp³-hybridized carbons (Fsp3) is 0.529. The van der Waals surface area contributed by atoms with Gasteiger partial charge in [0.15, 0.2) is 0 Å². The summed E-state index contributed by atoms with van der Waals surface area (Å²) < 4.78 is 13.2. The van der Waals surface area contributed by atoms with Crippen LogP contribution in [0.3, 0.4) is 0 Å². The van der Waals surface area contributed by atoms with Gasteiger partial charge in [-0.05, 0) is 31.0 Å². The Balaban J connectivity index is 0.00000288. The highest BCUT2D eigenvalue weighted by Crippen LogP contribution is 2.10. The van der Waals surface area contributed by atoms with Gasteiger partial charge in [0.2, 0.25) is 11.8 Å². The van der Waals surface area contributed by atoms with Gasteiger partial charge in [-0.15, -0.1) is 12.4 Å². The minimum absolute atomic E-state index is 0. The zero-order chi connectivity index (χ0) is 16.8. The van der Waals surface area contributed by atoms with Crippen LogP contribution in [-0.2, 0) is 16.0 Å². The van der Waals surface area contributed by atoms with Crippen LogP contribution in [0.5, 0.6) is 0 Å². The number of rotatable bonds is 4. The highest BCUT2D eigenvalue weighted by molar-refractivity contribution is 5.85. The van der Waals surface area contributed by atoms with Crippen molar-refractivity contribution in [3.8, 4) is 0 Å². The van der Waals surface area contributed by atoms with E-state index in [2.05, 4.69) is 0 Å². The smallest absolute Gasteiger partial charge is 0.227 e. The topological polar surface area (TPSA) is 66.6 Å². The number of amides is 2. The van der Waals surface area contributed by atoms with Crippen LogP contribution < -0.4 is 5.73 Å². The van der Waals surface area contributed by atoms with Gasteiger partial charge in [-0.25, -0.2) is 4.39 Å². The summed E-state index contributed by atoms with van der Waals surface area (Å²) in [7, 11) is 0. The SMILES string of the molecule is CC(N)CC(=O)N1CCCN(C(=O)Cc2cccc(F)c2)CC1.Cl. The molecule has 1 aliphatic heterocycles. The summed E-state index contributed by atoms with van der Waals surface area (Å²) in [4.78, 5) is 28.0. The number of hydrogen-bond acceptors (Lipinski definition) is 3. The van der Waals surface area contributed by atoms with E-state index >= 15 is 0 Å². The van der Waals surface area contributed by atoms with Crippen LogP contribution in [0.1, 0.15) is 25.3 Å². The molecule has 1 aromatic carbocycles. The lowest BCUT2D eigenvalue weighted by molar-refractivity contribution is -0.133. The summed E-state index contributed by atoms with van der Waals surface area (Å²) >= 11 is 0. The molecule has 1 unspecified atom stereocenters. The van der Waals surface area contributed by atoms with Gasteiger partial charge in [-0.1, -0.05) is 12.1 Å². The lowest BCUT2D eigenvalue weighted by atomic mass is 10.1. The maximum atomic E-state index is 13.2. The fourth-order valence-corrected chi connectivity index (χ4v) is 2.75. The summed E-state index contributed by atoms with van der Waals surface area (Å²) in [5, 5.41) is 0. The highest BCUT2D eigenvalue weighted by Gasteiger charge is 2.22. The van der Waals surface area contributed by atoms with Crippen LogP contribution in [0.2, 0.25) is 0 Å². The van der Waals surface area contributed by atoms with Crippen LogP contribution in [0.15, 0.2) is 24.3 Å². The van der Waals surface area contributed by atoms with E-state index in [4.69, 9.17) is 5.73 Å². The third kappa shape index (κ3) is 6.09. The largest absolute Gasteiger partial charge is 0.341 e. The van der Waals surface area contributed by atoms with E-state index < -0.39 is 0 Å². The first-order valence-electron chi connectivity index (χ1n) is 8.01. The predicted molar refractivity (Wildman–Crippen MR) is 93.4 cm³/mol. The molecule has 1 atom stereocenters. The van der Waals surface area contributed by atoms with Gasteiger partial charge in [0.25, 0.3) is 0 Å². The summed E-state index contributed by atoms with van der Waals surface area (Å²) in [6.07, 6.45) is 1.27. The van der Waals surface area contributed by atoms with Crippen molar-refractivity contribution in [2.24, 2.45) is 5.73 Å². The first-order chi connectivity index (χ1) is 11.0. The molecule has 1 saturated heterocycles. The molecule has 0 spiro atoms. The number of hydrogen-bond donors (Lipinski definition) is 1. The molecule has 0 aliphatic carbocycles. The molecule has 2 amide bonds. The molecule has 1 aromatic rings. The molecule has 0 radical (unpaired) electrons. The predicted octanol–water partition coefficient (Wildman–Crippen LogP) is 1.59. The highest BCUT2D eigenvalue weighted by atomic mass is 35.5. The molecule has 24 heavy (non-hydrogen) atoms. The summed E-state index contributed by atoms with van der Waals surface area (Å²) in [6.45, 7) is 4.12. The Morgan fingerprint density at radius 2 is 1.79 bits per heavy atom. The van der Waals surface area contributed by atoms with Gasteiger partial charge >= 0.3 is 0 Å². The van der Waals surface area contributed by atoms with E-state index in [1.807, 2.05) is 6.92 Å². The minimum Gasteiger partial charge on any atom is -0.341 e. The quantitative estimate of drug-likeness (QED) is 0.889. The summed E-state index contributed by atoms with van der Waals surface area (Å²) in [5.41, 5.74) is 6.34. The van der Waals surface area contributed by atoms with Gasteiger partial charge in [0.05, 0.1) is 6.42 Å². The zero-order valence-corrected chi connectivity index (χ0v) is 14.7. The first kappa shape index (κ1) is 20.4. The van der Waals surface area contributed by atoms with Crippen LogP contribution in [0.4, 0.5) is 4.39 Å². The zero-order valence-electron chi connectivity index (χ0n) is 13.9. The molecule has 2 rings (SSSR count). The van der Waals surface area contributed by atoms with Crippen molar-refractivity contribution in [2.75, 3.05) is 26.2 Å². The maximum absolute atomic E-state index is 13.2. The van der Waals surface area contributed by atoms with Crippen molar-refractivity contribution in [3.63, 3.8) is 0 Å². The van der Waals surface area contributed by atoms with Crippen molar-refractivity contribution in [1.82, 2.24) is 9.80 Å². The average Bonchev–Trinajstić information content (AvgIpc) is 2.72. The van der Waals surface area contributed by atoms with E-state index in [0.717, 1.165) is 6.42 Å². The molecule has 1 aliphatic rings. The lowest BCUT2D eigenvalue weighted by Crippen LogP contribution is -2.39. The van der Waals surface area contributed by atoms with Crippen molar-refractivity contribution >= 4 is 24.2 Å². The second-order valence-corrected chi connectivity index (χ2v) is 6.10. The summed E-state index contributed by atoms with van der Waals surface area (Å²) in [5.74, 6) is -0.324. The normalized spacial score (nSPS) is 16.1. The van der Waals surface area contributed by atoms with Gasteiger partial charge < -0.3 is 15.5 Å². The molecule has 134 valence electrons. The van der Waals surface area contributed by atoms with Gasteiger partial charge in [0.1, 0.15) is 5.82 Å². The van der Waals surface area contributed by atoms with Crippen molar-refractivity contribution < 1.29 is 14.0 Å². The van der Waals surface area contributed by atoms with Gasteiger partial charge in [-0.2, -0.15) is 0 Å². The molecular weight excluding hydrogens is 333 g/mol. The first-order valence-corrected chi connectivity index (χ1v) is 8.01. The van der Waals surface area contributed by atoms with Gasteiger partial charge in [-0.3, -0.25) is 9.59 Å². The molecule has 1 fully saturated rings. The standard InChI is InChI=1S/C17H24FN3O2.ClH/c1-13(19)10-16(22)20-6-3-7-21(9-8-20)17(23)12-14-4-2-5-15(18)11-14;/h2,4-5,11,13H,3,6-10,12,19H2,1H3;1H. The van der Waals surface area contributed by atoms with E-state index in [1.165, 1.54) is 12.1 Å². The molecule has 0 aromatic heterocycles.